The maximum absolute atomic E-state index is 11.8. The van der Waals surface area contributed by atoms with E-state index in [1.807, 2.05) is 35.0 Å². The molecule has 0 aliphatic heterocycles. The molecule has 8 heteroatoms. The van der Waals surface area contributed by atoms with Gasteiger partial charge in [-0.2, -0.15) is 0 Å². The Morgan fingerprint density at radius 1 is 1.08 bits per heavy atom. The Morgan fingerprint density at radius 2 is 1.92 bits per heavy atom. The molecule has 0 atom stereocenters. The fourth-order valence-corrected chi connectivity index (χ4v) is 2.13. The van der Waals surface area contributed by atoms with Gasteiger partial charge in [-0.05, 0) is 17.2 Å². The Balaban J connectivity index is 1.48. The number of aromatic nitrogens is 4. The molecule has 0 aliphatic rings. The van der Waals surface area contributed by atoms with Gasteiger partial charge in [-0.15, -0.1) is 0 Å². The first-order valence-electron chi connectivity index (χ1n) is 7.40. The van der Waals surface area contributed by atoms with E-state index in [4.69, 9.17) is 0 Å². The molecule has 122 valence electrons. The number of imidazole rings is 1. The number of urea groups is 1. The second-order valence-electron chi connectivity index (χ2n) is 5.06. The fourth-order valence-electron chi connectivity index (χ4n) is 2.13. The first-order chi connectivity index (χ1) is 11.8. The van der Waals surface area contributed by atoms with Gasteiger partial charge < -0.3 is 9.88 Å². The summed E-state index contributed by atoms with van der Waals surface area (Å²) in [6, 6.07) is 9.36. The normalized spacial score (nSPS) is 10.2. The van der Waals surface area contributed by atoms with Gasteiger partial charge in [0.1, 0.15) is 0 Å². The number of benzene rings is 1. The number of anilines is 1. The van der Waals surface area contributed by atoms with Crippen LogP contribution in [0.2, 0.25) is 0 Å². The molecular weight excluding hydrogens is 306 g/mol. The van der Waals surface area contributed by atoms with Crippen LogP contribution in [0.15, 0.2) is 61.4 Å². The molecule has 0 unspecified atom stereocenters. The molecule has 1 aromatic carbocycles. The van der Waals surface area contributed by atoms with E-state index in [1.54, 1.807) is 31.0 Å². The zero-order valence-electron chi connectivity index (χ0n) is 12.9. The average molecular weight is 323 g/mol. The fraction of sp³-hybridized carbons (Fsp3) is 0.125. The summed E-state index contributed by atoms with van der Waals surface area (Å²) in [6.45, 7) is 1.16. The number of carbonyl (C=O) groups is 1. The minimum absolute atomic E-state index is 0.329. The number of hydrogen-bond acceptors (Lipinski definition) is 5. The Kier molecular flexibility index (Phi) is 4.98. The van der Waals surface area contributed by atoms with Crippen LogP contribution in [0.25, 0.3) is 0 Å². The van der Waals surface area contributed by atoms with E-state index in [-0.39, 0.29) is 6.03 Å². The third-order valence-electron chi connectivity index (χ3n) is 3.22. The number of hydrogen-bond donors (Lipinski definition) is 3. The molecule has 0 radical (unpaired) electrons. The quantitative estimate of drug-likeness (QED) is 0.598. The smallest absolute Gasteiger partial charge is 0.333 e. The Hall–Kier alpha value is -3.42. The molecule has 3 N–H and O–H groups in total. The van der Waals surface area contributed by atoms with Crippen molar-refractivity contribution >= 4 is 12.0 Å². The number of carbonyl (C=O) groups excluding carboxylic acids is 1. The van der Waals surface area contributed by atoms with Crippen molar-refractivity contribution in [1.29, 1.82) is 0 Å². The lowest BCUT2D eigenvalue weighted by atomic mass is 10.1. The molecule has 0 spiro atoms. The minimum atomic E-state index is -0.359. The lowest BCUT2D eigenvalue weighted by Crippen LogP contribution is -2.39. The van der Waals surface area contributed by atoms with Gasteiger partial charge in [0.2, 0.25) is 5.95 Å². The lowest BCUT2D eigenvalue weighted by molar-refractivity contribution is 0.242. The molecule has 0 aliphatic carbocycles. The van der Waals surface area contributed by atoms with Crippen molar-refractivity contribution in [2.45, 2.75) is 13.1 Å². The highest BCUT2D eigenvalue weighted by molar-refractivity contribution is 5.74. The topological polar surface area (TPSA) is 96.8 Å². The van der Waals surface area contributed by atoms with E-state index in [2.05, 4.69) is 31.1 Å². The van der Waals surface area contributed by atoms with Gasteiger partial charge in [-0.1, -0.05) is 24.3 Å². The SMILES string of the molecule is O=C(NCc1cccc(Cn2ccnc2)c1)NNc1ncccn1. The summed E-state index contributed by atoms with van der Waals surface area (Å²) < 4.78 is 1.99. The third-order valence-corrected chi connectivity index (χ3v) is 3.22. The van der Waals surface area contributed by atoms with Gasteiger partial charge in [-0.25, -0.2) is 25.2 Å². The number of hydrazine groups is 1. The highest BCUT2D eigenvalue weighted by Crippen LogP contribution is 2.07. The van der Waals surface area contributed by atoms with Crippen LogP contribution in [0.4, 0.5) is 10.7 Å². The van der Waals surface area contributed by atoms with Crippen LogP contribution in [0.1, 0.15) is 11.1 Å². The molecule has 8 nitrogen and oxygen atoms in total. The number of amides is 2. The lowest BCUT2D eigenvalue weighted by Gasteiger charge is -2.10. The summed E-state index contributed by atoms with van der Waals surface area (Å²) in [5.41, 5.74) is 7.26. The van der Waals surface area contributed by atoms with Crippen LogP contribution in [0.5, 0.6) is 0 Å². The summed E-state index contributed by atoms with van der Waals surface area (Å²) in [6.07, 6.45) is 8.60. The van der Waals surface area contributed by atoms with Crippen molar-refractivity contribution in [1.82, 2.24) is 30.3 Å². The van der Waals surface area contributed by atoms with Crippen molar-refractivity contribution in [3.63, 3.8) is 0 Å². The Morgan fingerprint density at radius 3 is 2.71 bits per heavy atom. The van der Waals surface area contributed by atoms with E-state index in [1.165, 1.54) is 0 Å². The Labute approximate surface area is 138 Å². The summed E-state index contributed by atoms with van der Waals surface area (Å²) in [7, 11) is 0. The minimum Gasteiger partial charge on any atom is -0.333 e. The maximum Gasteiger partial charge on any atom is 0.333 e. The van der Waals surface area contributed by atoms with Crippen molar-refractivity contribution in [3.05, 3.63) is 72.6 Å². The second kappa shape index (κ2) is 7.73. The molecular formula is C16H17N7O. The molecule has 0 saturated carbocycles. The van der Waals surface area contributed by atoms with Gasteiger partial charge in [-0.3, -0.25) is 5.43 Å². The van der Waals surface area contributed by atoms with Crippen LogP contribution in [0.3, 0.4) is 0 Å². The zero-order valence-corrected chi connectivity index (χ0v) is 12.9. The van der Waals surface area contributed by atoms with Gasteiger partial charge >= 0.3 is 6.03 Å². The molecule has 2 amide bonds. The van der Waals surface area contributed by atoms with Gasteiger partial charge in [0.15, 0.2) is 0 Å². The van der Waals surface area contributed by atoms with Crippen LogP contribution >= 0.6 is 0 Å². The third kappa shape index (κ3) is 4.54. The number of nitrogens with one attached hydrogen (secondary N) is 3. The summed E-state index contributed by atoms with van der Waals surface area (Å²) in [5, 5.41) is 2.77. The van der Waals surface area contributed by atoms with Crippen LogP contribution < -0.4 is 16.2 Å². The summed E-state index contributed by atoms with van der Waals surface area (Å²) in [4.78, 5) is 23.7. The van der Waals surface area contributed by atoms with Crippen molar-refractivity contribution in [3.8, 4) is 0 Å². The van der Waals surface area contributed by atoms with Crippen molar-refractivity contribution in [2.75, 3.05) is 5.43 Å². The molecule has 24 heavy (non-hydrogen) atoms. The van der Waals surface area contributed by atoms with E-state index >= 15 is 0 Å². The van der Waals surface area contributed by atoms with Crippen molar-refractivity contribution < 1.29 is 4.79 Å². The van der Waals surface area contributed by atoms with E-state index in [9.17, 15) is 4.79 Å². The average Bonchev–Trinajstić information content (AvgIpc) is 3.12. The molecule has 3 rings (SSSR count). The number of nitrogens with zero attached hydrogens (tertiary/aromatic N) is 4. The van der Waals surface area contributed by atoms with E-state index < -0.39 is 0 Å². The van der Waals surface area contributed by atoms with Crippen LogP contribution in [0, 0.1) is 0 Å². The molecule has 0 bridgehead atoms. The predicted octanol–water partition coefficient (Wildman–Crippen LogP) is 1.55. The van der Waals surface area contributed by atoms with Gasteiger partial charge in [0.05, 0.1) is 6.33 Å². The summed E-state index contributed by atoms with van der Waals surface area (Å²) in [5.74, 6) is 0.329. The van der Waals surface area contributed by atoms with Crippen LogP contribution in [-0.4, -0.2) is 25.6 Å². The number of rotatable bonds is 6. The van der Waals surface area contributed by atoms with Gasteiger partial charge in [0, 0.05) is 37.9 Å². The molecule has 2 heterocycles. The first-order valence-corrected chi connectivity index (χ1v) is 7.40. The molecule has 3 aromatic rings. The predicted molar refractivity (Wildman–Crippen MR) is 88.8 cm³/mol. The monoisotopic (exact) mass is 323 g/mol. The highest BCUT2D eigenvalue weighted by atomic mass is 16.2. The summed E-state index contributed by atoms with van der Waals surface area (Å²) >= 11 is 0. The largest absolute Gasteiger partial charge is 0.333 e. The van der Waals surface area contributed by atoms with E-state index in [0.717, 1.165) is 17.7 Å². The molecule has 0 saturated heterocycles. The first kappa shape index (κ1) is 15.5. The Bertz CT molecular complexity index is 774. The molecule has 0 fully saturated rings. The second-order valence-corrected chi connectivity index (χ2v) is 5.06. The molecule has 2 aromatic heterocycles. The highest BCUT2D eigenvalue weighted by Gasteiger charge is 2.02. The zero-order chi connectivity index (χ0) is 16.6. The van der Waals surface area contributed by atoms with Crippen molar-refractivity contribution in [2.24, 2.45) is 0 Å². The maximum atomic E-state index is 11.8. The van der Waals surface area contributed by atoms with Crippen LogP contribution in [-0.2, 0) is 13.1 Å². The standard InChI is InChI=1S/C16H17N7O/c24-16(22-21-15-18-5-2-6-19-15)20-10-13-3-1-4-14(9-13)11-23-8-7-17-12-23/h1-9,12H,10-11H2,(H,18,19,21)(H2,20,22,24). The van der Waals surface area contributed by atoms with Gasteiger partial charge in [0.25, 0.3) is 0 Å². The van der Waals surface area contributed by atoms with E-state index in [0.29, 0.717) is 12.5 Å².